The number of hydrogen-bond donors (Lipinski definition) is 1. The Morgan fingerprint density at radius 3 is 2.36 bits per heavy atom. The van der Waals surface area contributed by atoms with E-state index in [-0.39, 0.29) is 24.7 Å². The fourth-order valence-electron chi connectivity index (χ4n) is 0.862. The van der Waals surface area contributed by atoms with Gasteiger partial charge in [-0.05, 0) is 27.7 Å². The van der Waals surface area contributed by atoms with Crippen molar-refractivity contribution >= 4 is 5.97 Å². The van der Waals surface area contributed by atoms with E-state index in [1.54, 1.807) is 0 Å². The van der Waals surface area contributed by atoms with Crippen LogP contribution in [0.15, 0.2) is 0 Å². The van der Waals surface area contributed by atoms with Crippen LogP contribution in [-0.4, -0.2) is 37.9 Å². The second-order valence-electron chi connectivity index (χ2n) is 3.63. The Balaban J connectivity index is 3.23. The Hall–Kier alpha value is -0.610. The normalized spacial score (nSPS) is 11.0. The van der Waals surface area contributed by atoms with Gasteiger partial charge in [0.05, 0.1) is 25.4 Å². The van der Waals surface area contributed by atoms with E-state index in [1.165, 1.54) is 0 Å². The lowest BCUT2D eigenvalue weighted by Crippen LogP contribution is -2.29. The first-order valence-electron chi connectivity index (χ1n) is 5.04. The number of carbonyl (C=O) groups excluding carboxylic acids is 1. The molecule has 0 aliphatic heterocycles. The van der Waals surface area contributed by atoms with E-state index in [9.17, 15) is 4.79 Å². The number of hydrogen-bond acceptors (Lipinski definition) is 4. The molecule has 14 heavy (non-hydrogen) atoms. The topological polar surface area (TPSA) is 47.6 Å². The molecule has 0 heterocycles. The fraction of sp³-hybridized carbons (Fsp3) is 0.900. The highest BCUT2D eigenvalue weighted by atomic mass is 16.5. The number of esters is 1. The lowest BCUT2D eigenvalue weighted by atomic mass is 10.5. The minimum absolute atomic E-state index is 0.0452. The molecule has 0 rings (SSSR count). The first kappa shape index (κ1) is 13.4. The van der Waals surface area contributed by atoms with E-state index in [4.69, 9.17) is 9.47 Å². The smallest absolute Gasteiger partial charge is 0.320 e. The minimum Gasteiger partial charge on any atom is -0.462 e. The Morgan fingerprint density at radius 1 is 1.21 bits per heavy atom. The van der Waals surface area contributed by atoms with Gasteiger partial charge in [-0.15, -0.1) is 0 Å². The van der Waals surface area contributed by atoms with Crippen LogP contribution in [0.1, 0.15) is 27.7 Å². The van der Waals surface area contributed by atoms with E-state index in [0.29, 0.717) is 13.2 Å². The maximum atomic E-state index is 11.0. The zero-order valence-electron chi connectivity index (χ0n) is 9.50. The van der Waals surface area contributed by atoms with Crippen LogP contribution in [-0.2, 0) is 14.3 Å². The van der Waals surface area contributed by atoms with Crippen molar-refractivity contribution in [1.29, 1.82) is 0 Å². The van der Waals surface area contributed by atoms with Crippen LogP contribution in [0, 0.1) is 0 Å². The van der Waals surface area contributed by atoms with Gasteiger partial charge in [0, 0.05) is 6.54 Å². The van der Waals surface area contributed by atoms with Crippen molar-refractivity contribution in [2.45, 2.75) is 39.9 Å². The standard InChI is InChI=1S/C10H21NO3/c1-8(2)13-6-5-11-7-10(12)14-9(3)4/h8-9,11H,5-7H2,1-4H3. The molecule has 0 radical (unpaired) electrons. The van der Waals surface area contributed by atoms with Crippen LogP contribution < -0.4 is 5.32 Å². The summed E-state index contributed by atoms with van der Waals surface area (Å²) in [6, 6.07) is 0. The zero-order valence-corrected chi connectivity index (χ0v) is 9.50. The van der Waals surface area contributed by atoms with Crippen molar-refractivity contribution in [1.82, 2.24) is 5.32 Å². The summed E-state index contributed by atoms with van der Waals surface area (Å²) in [5.74, 6) is -0.218. The summed E-state index contributed by atoms with van der Waals surface area (Å²) >= 11 is 0. The van der Waals surface area contributed by atoms with Gasteiger partial charge in [0.2, 0.25) is 0 Å². The van der Waals surface area contributed by atoms with Gasteiger partial charge in [-0.3, -0.25) is 4.79 Å². The van der Waals surface area contributed by atoms with Gasteiger partial charge in [-0.2, -0.15) is 0 Å². The van der Waals surface area contributed by atoms with Crippen molar-refractivity contribution in [2.75, 3.05) is 19.7 Å². The molecule has 0 unspecified atom stereocenters. The van der Waals surface area contributed by atoms with Crippen molar-refractivity contribution in [3.8, 4) is 0 Å². The first-order chi connectivity index (χ1) is 6.52. The average Bonchev–Trinajstić information content (AvgIpc) is 2.01. The van der Waals surface area contributed by atoms with Gasteiger partial charge in [0.1, 0.15) is 0 Å². The monoisotopic (exact) mass is 203 g/mol. The summed E-state index contributed by atoms with van der Waals surface area (Å²) in [7, 11) is 0. The predicted octanol–water partition coefficient (Wildman–Crippen LogP) is 0.953. The molecule has 0 bridgehead atoms. The lowest BCUT2D eigenvalue weighted by Gasteiger charge is -2.10. The Morgan fingerprint density at radius 2 is 1.86 bits per heavy atom. The third-order valence-corrected chi connectivity index (χ3v) is 1.37. The molecular weight excluding hydrogens is 182 g/mol. The van der Waals surface area contributed by atoms with Crippen LogP contribution >= 0.6 is 0 Å². The Labute approximate surface area is 86.0 Å². The Kier molecular flexibility index (Phi) is 7.42. The molecule has 0 aromatic carbocycles. The van der Waals surface area contributed by atoms with Crippen molar-refractivity contribution in [3.05, 3.63) is 0 Å². The van der Waals surface area contributed by atoms with Crippen LogP contribution in [0.25, 0.3) is 0 Å². The highest BCUT2D eigenvalue weighted by Gasteiger charge is 2.03. The lowest BCUT2D eigenvalue weighted by molar-refractivity contribution is -0.146. The molecule has 0 saturated carbocycles. The fourth-order valence-corrected chi connectivity index (χ4v) is 0.862. The minimum atomic E-state index is -0.218. The van der Waals surface area contributed by atoms with Crippen LogP contribution in [0.3, 0.4) is 0 Å². The molecule has 0 saturated heterocycles. The molecule has 0 aliphatic carbocycles. The summed E-state index contributed by atoms with van der Waals surface area (Å²) in [6.45, 7) is 9.16. The van der Waals surface area contributed by atoms with Gasteiger partial charge in [0.25, 0.3) is 0 Å². The van der Waals surface area contributed by atoms with E-state index < -0.39 is 0 Å². The summed E-state index contributed by atoms with van der Waals surface area (Å²) in [5.41, 5.74) is 0. The highest BCUT2D eigenvalue weighted by Crippen LogP contribution is 1.88. The van der Waals surface area contributed by atoms with Crippen LogP contribution in [0.4, 0.5) is 0 Å². The third kappa shape index (κ3) is 9.48. The largest absolute Gasteiger partial charge is 0.462 e. The number of carbonyl (C=O) groups is 1. The van der Waals surface area contributed by atoms with Gasteiger partial charge < -0.3 is 14.8 Å². The quantitative estimate of drug-likeness (QED) is 0.494. The molecule has 4 nitrogen and oxygen atoms in total. The van der Waals surface area contributed by atoms with E-state index >= 15 is 0 Å². The molecule has 0 aliphatic rings. The molecule has 0 aromatic rings. The molecule has 0 fully saturated rings. The average molecular weight is 203 g/mol. The zero-order chi connectivity index (χ0) is 11.0. The van der Waals surface area contributed by atoms with Crippen molar-refractivity contribution < 1.29 is 14.3 Å². The van der Waals surface area contributed by atoms with Crippen molar-refractivity contribution in [3.63, 3.8) is 0 Å². The Bertz CT molecular complexity index is 157. The van der Waals surface area contributed by atoms with E-state index in [0.717, 1.165) is 0 Å². The molecule has 0 atom stereocenters. The maximum Gasteiger partial charge on any atom is 0.320 e. The number of ether oxygens (including phenoxy) is 2. The molecule has 1 N–H and O–H groups in total. The molecule has 0 aromatic heterocycles. The van der Waals surface area contributed by atoms with E-state index in [1.807, 2.05) is 27.7 Å². The maximum absolute atomic E-state index is 11.0. The summed E-state index contributed by atoms with van der Waals surface area (Å²) in [5, 5.41) is 2.95. The predicted molar refractivity (Wildman–Crippen MR) is 55.2 cm³/mol. The molecular formula is C10H21NO3. The highest BCUT2D eigenvalue weighted by molar-refractivity contribution is 5.71. The molecule has 0 amide bonds. The van der Waals surface area contributed by atoms with Crippen LogP contribution in [0.2, 0.25) is 0 Å². The SMILES string of the molecule is CC(C)OCCNCC(=O)OC(C)C. The van der Waals surface area contributed by atoms with E-state index in [2.05, 4.69) is 5.32 Å². The van der Waals surface area contributed by atoms with Gasteiger partial charge in [-0.1, -0.05) is 0 Å². The van der Waals surface area contributed by atoms with Gasteiger partial charge >= 0.3 is 5.97 Å². The second-order valence-corrected chi connectivity index (χ2v) is 3.63. The number of nitrogens with one attached hydrogen (secondary N) is 1. The second kappa shape index (κ2) is 7.76. The summed E-state index contributed by atoms with van der Waals surface area (Å²) in [4.78, 5) is 11.0. The molecule has 4 heteroatoms. The number of rotatable bonds is 7. The van der Waals surface area contributed by atoms with Crippen LogP contribution in [0.5, 0.6) is 0 Å². The molecule has 0 spiro atoms. The van der Waals surface area contributed by atoms with Crippen molar-refractivity contribution in [2.24, 2.45) is 0 Å². The molecule has 84 valence electrons. The third-order valence-electron chi connectivity index (χ3n) is 1.37. The van der Waals surface area contributed by atoms with Gasteiger partial charge in [0.15, 0.2) is 0 Å². The summed E-state index contributed by atoms with van der Waals surface area (Å²) < 4.78 is 10.2. The first-order valence-corrected chi connectivity index (χ1v) is 5.04. The van der Waals surface area contributed by atoms with Gasteiger partial charge in [-0.25, -0.2) is 0 Å². The summed E-state index contributed by atoms with van der Waals surface area (Å²) in [6.07, 6.45) is 0.190.